The molecule has 0 aliphatic heterocycles. The Balaban J connectivity index is 1.92. The molecule has 1 saturated carbocycles. The van der Waals surface area contributed by atoms with E-state index in [1.165, 1.54) is 17.5 Å². The Bertz CT molecular complexity index is 748. The molecule has 1 fully saturated rings. The predicted molar refractivity (Wildman–Crippen MR) is 79.3 cm³/mol. The molecule has 0 radical (unpaired) electrons. The molecule has 0 unspecified atom stereocenters. The van der Waals surface area contributed by atoms with E-state index >= 15 is 0 Å². The summed E-state index contributed by atoms with van der Waals surface area (Å²) >= 11 is 0. The first-order valence-corrected chi connectivity index (χ1v) is 8.47. The molecule has 2 heterocycles. The number of aromatic amines is 1. The number of nitrogens with zero attached hydrogens (tertiary/aromatic N) is 2. The lowest BCUT2D eigenvalue weighted by atomic mass is 10.0. The second-order valence-electron chi connectivity index (χ2n) is 5.75. The van der Waals surface area contributed by atoms with Crippen LogP contribution < -0.4 is 0 Å². The minimum absolute atomic E-state index is 0.127. The van der Waals surface area contributed by atoms with Gasteiger partial charge in [0.25, 0.3) is 0 Å². The quantitative estimate of drug-likeness (QED) is 0.896. The molecule has 2 aromatic rings. The molecule has 0 aromatic carbocycles. The number of aliphatic hydroxyl groups is 1. The summed E-state index contributed by atoms with van der Waals surface area (Å²) in [5, 5.41) is 11.0. The third-order valence-electron chi connectivity index (χ3n) is 4.15. The van der Waals surface area contributed by atoms with E-state index in [9.17, 15) is 13.5 Å². The van der Waals surface area contributed by atoms with Gasteiger partial charge in [-0.2, -0.15) is 4.31 Å². The molecule has 2 aromatic heterocycles. The SMILES string of the molecule is CN(CC1(O)CCCC1)S(=O)(=O)c1c[nH]c2ncccc12. The molecule has 0 atom stereocenters. The Morgan fingerprint density at radius 2 is 2.14 bits per heavy atom. The van der Waals surface area contributed by atoms with Crippen molar-refractivity contribution in [2.75, 3.05) is 13.6 Å². The average molecular weight is 309 g/mol. The minimum atomic E-state index is -3.65. The van der Waals surface area contributed by atoms with Gasteiger partial charge in [-0.15, -0.1) is 0 Å². The van der Waals surface area contributed by atoms with E-state index in [2.05, 4.69) is 9.97 Å². The van der Waals surface area contributed by atoms with E-state index < -0.39 is 15.6 Å². The highest BCUT2D eigenvalue weighted by Crippen LogP contribution is 2.32. The van der Waals surface area contributed by atoms with Crippen LogP contribution in [0.15, 0.2) is 29.4 Å². The van der Waals surface area contributed by atoms with Crippen LogP contribution in [0.5, 0.6) is 0 Å². The van der Waals surface area contributed by atoms with Gasteiger partial charge in [-0.25, -0.2) is 13.4 Å². The molecule has 1 aliphatic carbocycles. The topological polar surface area (TPSA) is 86.3 Å². The third-order valence-corrected chi connectivity index (χ3v) is 6.00. The summed E-state index contributed by atoms with van der Waals surface area (Å²) in [4.78, 5) is 7.18. The highest BCUT2D eigenvalue weighted by atomic mass is 32.2. The van der Waals surface area contributed by atoms with Crippen molar-refractivity contribution < 1.29 is 13.5 Å². The maximum absolute atomic E-state index is 12.7. The summed E-state index contributed by atoms with van der Waals surface area (Å²) in [5.41, 5.74) is -0.351. The molecule has 0 bridgehead atoms. The van der Waals surface area contributed by atoms with Crippen LogP contribution in [0.25, 0.3) is 11.0 Å². The second-order valence-corrected chi connectivity index (χ2v) is 7.76. The zero-order valence-electron chi connectivity index (χ0n) is 11.9. The van der Waals surface area contributed by atoms with Crippen LogP contribution in [0, 0.1) is 0 Å². The number of fused-ring (bicyclic) bond motifs is 1. The maximum Gasteiger partial charge on any atom is 0.245 e. The van der Waals surface area contributed by atoms with Crippen molar-refractivity contribution in [1.29, 1.82) is 0 Å². The largest absolute Gasteiger partial charge is 0.389 e. The number of rotatable bonds is 4. The van der Waals surface area contributed by atoms with Gasteiger partial charge in [0.1, 0.15) is 10.5 Å². The zero-order chi connectivity index (χ0) is 15.1. The molecule has 0 spiro atoms. The van der Waals surface area contributed by atoms with Crippen molar-refractivity contribution in [3.05, 3.63) is 24.5 Å². The summed E-state index contributed by atoms with van der Waals surface area (Å²) in [6.45, 7) is 0.127. The lowest BCUT2D eigenvalue weighted by Gasteiger charge is -2.27. The lowest BCUT2D eigenvalue weighted by molar-refractivity contribution is 0.0333. The summed E-state index contributed by atoms with van der Waals surface area (Å²) in [5.74, 6) is 0. The van der Waals surface area contributed by atoms with Crippen molar-refractivity contribution in [2.45, 2.75) is 36.2 Å². The van der Waals surface area contributed by atoms with Gasteiger partial charge in [-0.3, -0.25) is 0 Å². The first-order valence-electron chi connectivity index (χ1n) is 7.03. The number of aromatic nitrogens is 2. The molecule has 7 heteroatoms. The standard InChI is InChI=1S/C14H19N3O3S/c1-17(10-14(18)6-2-3-7-14)21(19,20)12-9-16-13-11(12)5-4-8-15-13/h4-5,8-9,18H,2-3,6-7,10H2,1H3,(H,15,16). The molecule has 2 N–H and O–H groups in total. The van der Waals surface area contributed by atoms with E-state index in [-0.39, 0.29) is 11.4 Å². The molecule has 0 saturated heterocycles. The normalized spacial score (nSPS) is 18.6. The molecule has 114 valence electrons. The number of H-pyrrole nitrogens is 1. The fraction of sp³-hybridized carbons (Fsp3) is 0.500. The number of nitrogens with one attached hydrogen (secondary N) is 1. The van der Waals surface area contributed by atoms with Crippen LogP contribution in [0.1, 0.15) is 25.7 Å². The highest BCUT2D eigenvalue weighted by Gasteiger charge is 2.36. The zero-order valence-corrected chi connectivity index (χ0v) is 12.7. The summed E-state index contributed by atoms with van der Waals surface area (Å²) in [7, 11) is -2.13. The molecule has 21 heavy (non-hydrogen) atoms. The van der Waals surface area contributed by atoms with Crippen LogP contribution in [-0.4, -0.2) is 47.0 Å². The Hall–Kier alpha value is -1.44. The number of pyridine rings is 1. The Kier molecular flexibility index (Phi) is 3.51. The molecule has 0 amide bonds. The van der Waals surface area contributed by atoms with E-state index in [1.807, 2.05) is 0 Å². The van der Waals surface area contributed by atoms with Crippen LogP contribution in [0.2, 0.25) is 0 Å². The summed E-state index contributed by atoms with van der Waals surface area (Å²) in [6, 6.07) is 3.43. The highest BCUT2D eigenvalue weighted by molar-refractivity contribution is 7.89. The molecule has 6 nitrogen and oxygen atoms in total. The average Bonchev–Trinajstić information content (AvgIpc) is 3.05. The van der Waals surface area contributed by atoms with Gasteiger partial charge in [0, 0.05) is 31.4 Å². The van der Waals surface area contributed by atoms with Crippen LogP contribution in [0.3, 0.4) is 0 Å². The van der Waals surface area contributed by atoms with Crippen LogP contribution in [-0.2, 0) is 10.0 Å². The van der Waals surface area contributed by atoms with Gasteiger partial charge in [0.05, 0.1) is 5.60 Å². The molecular weight excluding hydrogens is 290 g/mol. The van der Waals surface area contributed by atoms with Crippen LogP contribution >= 0.6 is 0 Å². The van der Waals surface area contributed by atoms with Gasteiger partial charge in [-0.1, -0.05) is 12.8 Å². The summed E-state index contributed by atoms with van der Waals surface area (Å²) < 4.78 is 26.7. The van der Waals surface area contributed by atoms with Crippen molar-refractivity contribution >= 4 is 21.1 Å². The third kappa shape index (κ3) is 2.56. The minimum Gasteiger partial charge on any atom is -0.389 e. The Morgan fingerprint density at radius 3 is 2.86 bits per heavy atom. The maximum atomic E-state index is 12.7. The van der Waals surface area contributed by atoms with Gasteiger partial charge in [-0.05, 0) is 25.0 Å². The van der Waals surface area contributed by atoms with E-state index in [0.717, 1.165) is 12.8 Å². The number of hydrogen-bond acceptors (Lipinski definition) is 4. The van der Waals surface area contributed by atoms with Gasteiger partial charge >= 0.3 is 0 Å². The fourth-order valence-electron chi connectivity index (χ4n) is 3.00. The smallest absolute Gasteiger partial charge is 0.245 e. The molecule has 1 aliphatic rings. The van der Waals surface area contributed by atoms with Crippen molar-refractivity contribution in [3.8, 4) is 0 Å². The van der Waals surface area contributed by atoms with Gasteiger partial charge < -0.3 is 10.1 Å². The van der Waals surface area contributed by atoms with E-state index in [1.54, 1.807) is 18.3 Å². The van der Waals surface area contributed by atoms with Crippen molar-refractivity contribution in [3.63, 3.8) is 0 Å². The second kappa shape index (κ2) is 5.08. The van der Waals surface area contributed by atoms with Gasteiger partial charge in [0.2, 0.25) is 10.0 Å². The fourth-order valence-corrected chi connectivity index (χ4v) is 4.40. The summed E-state index contributed by atoms with van der Waals surface area (Å²) in [6.07, 6.45) is 6.27. The van der Waals surface area contributed by atoms with E-state index in [4.69, 9.17) is 0 Å². The molecule has 3 rings (SSSR count). The van der Waals surface area contributed by atoms with Crippen LogP contribution in [0.4, 0.5) is 0 Å². The first-order chi connectivity index (χ1) is 9.92. The van der Waals surface area contributed by atoms with Gasteiger partial charge in [0.15, 0.2) is 0 Å². The first kappa shape index (κ1) is 14.5. The predicted octanol–water partition coefficient (Wildman–Crippen LogP) is 1.49. The van der Waals surface area contributed by atoms with E-state index in [0.29, 0.717) is 23.9 Å². The monoisotopic (exact) mass is 309 g/mol. The Morgan fingerprint density at radius 1 is 1.43 bits per heavy atom. The number of likely N-dealkylation sites (N-methyl/N-ethyl adjacent to an activating group) is 1. The van der Waals surface area contributed by atoms with Crippen molar-refractivity contribution in [2.24, 2.45) is 0 Å². The van der Waals surface area contributed by atoms with Crippen molar-refractivity contribution in [1.82, 2.24) is 14.3 Å². The lowest BCUT2D eigenvalue weighted by Crippen LogP contribution is -2.41. The number of hydrogen-bond donors (Lipinski definition) is 2. The molecular formula is C14H19N3O3S. The Labute approximate surface area is 123 Å². The number of sulfonamides is 1.